The molecule has 2 aromatic carbocycles. The Labute approximate surface area is 193 Å². The number of hydrazone groups is 1. The van der Waals surface area contributed by atoms with E-state index in [2.05, 4.69) is 15.5 Å². The SMILES string of the molecule is C/C(=N\Nc1nc(-c2cc3ccccc3oc2=O)cs1)c1cc2cc([N+](=O)[O-])ccc2oc1=O. The summed E-state index contributed by atoms with van der Waals surface area (Å²) in [5.41, 5.74) is 3.44. The zero-order valence-electron chi connectivity index (χ0n) is 17.5. The summed E-state index contributed by atoms with van der Waals surface area (Å²) in [7, 11) is 0. The number of nitrogens with zero attached hydrogens (tertiary/aromatic N) is 3. The van der Waals surface area contributed by atoms with E-state index >= 15 is 0 Å². The standard InChI is InChI=1S/C23H14N4O6S/c1-12(16-10-14-8-15(27(30)31)6-7-20(14)33-21(16)28)25-26-23-24-18(11-34-23)17-9-13-4-2-3-5-19(13)32-22(17)29/h2-11H,1H3,(H,24,26)/b25-12+. The summed E-state index contributed by atoms with van der Waals surface area (Å²) < 4.78 is 10.6. The average Bonchev–Trinajstić information content (AvgIpc) is 3.30. The third-order valence-corrected chi connectivity index (χ3v) is 5.80. The van der Waals surface area contributed by atoms with Crippen LogP contribution in [0.25, 0.3) is 33.2 Å². The highest BCUT2D eigenvalue weighted by Gasteiger charge is 2.14. The number of nitro benzene ring substituents is 1. The zero-order valence-corrected chi connectivity index (χ0v) is 18.3. The number of fused-ring (bicyclic) bond motifs is 2. The molecule has 3 heterocycles. The molecule has 0 aliphatic carbocycles. The number of aromatic nitrogens is 1. The average molecular weight is 474 g/mol. The maximum atomic E-state index is 12.4. The van der Waals surface area contributed by atoms with Crippen molar-refractivity contribution in [3.05, 3.63) is 96.5 Å². The third-order valence-electron chi connectivity index (χ3n) is 5.06. The number of nitro groups is 1. The van der Waals surface area contributed by atoms with Gasteiger partial charge in [0.1, 0.15) is 11.2 Å². The summed E-state index contributed by atoms with van der Waals surface area (Å²) in [6.07, 6.45) is 0. The van der Waals surface area contributed by atoms with Gasteiger partial charge in [-0.15, -0.1) is 11.3 Å². The lowest BCUT2D eigenvalue weighted by molar-refractivity contribution is -0.384. The van der Waals surface area contributed by atoms with Crippen LogP contribution < -0.4 is 16.7 Å². The summed E-state index contributed by atoms with van der Waals surface area (Å²) in [5.74, 6) is 0. The molecule has 0 aliphatic rings. The first-order valence-corrected chi connectivity index (χ1v) is 10.8. The number of anilines is 1. The third kappa shape index (κ3) is 3.95. The van der Waals surface area contributed by atoms with Crippen molar-refractivity contribution in [2.45, 2.75) is 6.92 Å². The summed E-state index contributed by atoms with van der Waals surface area (Å²) in [6, 6.07) is 14.4. The molecule has 5 aromatic rings. The van der Waals surface area contributed by atoms with Crippen molar-refractivity contribution in [2.24, 2.45) is 5.10 Å². The fourth-order valence-corrected chi connectivity index (χ4v) is 4.01. The second-order valence-corrected chi connectivity index (χ2v) is 8.12. The molecular formula is C23H14N4O6S. The Morgan fingerprint density at radius 1 is 1.03 bits per heavy atom. The van der Waals surface area contributed by atoms with E-state index < -0.39 is 16.2 Å². The van der Waals surface area contributed by atoms with E-state index in [-0.39, 0.29) is 16.8 Å². The highest BCUT2D eigenvalue weighted by molar-refractivity contribution is 7.14. The van der Waals surface area contributed by atoms with Gasteiger partial charge in [-0.1, -0.05) is 18.2 Å². The lowest BCUT2D eigenvalue weighted by atomic mass is 10.1. The zero-order chi connectivity index (χ0) is 23.8. The fraction of sp³-hybridized carbons (Fsp3) is 0.0435. The molecule has 0 fully saturated rings. The minimum absolute atomic E-state index is 0.117. The second-order valence-electron chi connectivity index (χ2n) is 7.26. The van der Waals surface area contributed by atoms with Crippen molar-refractivity contribution < 1.29 is 13.8 Å². The molecule has 0 atom stereocenters. The summed E-state index contributed by atoms with van der Waals surface area (Å²) in [4.78, 5) is 39.6. The first kappa shape index (κ1) is 21.2. The maximum Gasteiger partial charge on any atom is 0.345 e. The number of hydrogen-bond acceptors (Lipinski definition) is 10. The molecule has 10 nitrogen and oxygen atoms in total. The summed E-state index contributed by atoms with van der Waals surface area (Å²) in [5, 5.41) is 18.5. The normalized spacial score (nSPS) is 11.7. The summed E-state index contributed by atoms with van der Waals surface area (Å²) in [6.45, 7) is 1.59. The topological polar surface area (TPSA) is 141 Å². The van der Waals surface area contributed by atoms with Gasteiger partial charge in [0.2, 0.25) is 5.13 Å². The Kier molecular flexibility index (Phi) is 5.22. The van der Waals surface area contributed by atoms with E-state index in [1.54, 1.807) is 30.5 Å². The molecule has 5 rings (SSSR count). The van der Waals surface area contributed by atoms with Crippen LogP contribution in [0.4, 0.5) is 10.8 Å². The van der Waals surface area contributed by atoms with Crippen LogP contribution in [-0.4, -0.2) is 15.6 Å². The van der Waals surface area contributed by atoms with Gasteiger partial charge in [-0.2, -0.15) is 5.10 Å². The van der Waals surface area contributed by atoms with Crippen LogP contribution in [0, 0.1) is 10.1 Å². The minimum Gasteiger partial charge on any atom is -0.422 e. The van der Waals surface area contributed by atoms with E-state index in [9.17, 15) is 19.7 Å². The number of thiazole rings is 1. The van der Waals surface area contributed by atoms with Gasteiger partial charge in [-0.25, -0.2) is 14.6 Å². The van der Waals surface area contributed by atoms with E-state index in [4.69, 9.17) is 8.83 Å². The van der Waals surface area contributed by atoms with Crippen LogP contribution in [-0.2, 0) is 0 Å². The Bertz CT molecular complexity index is 1730. The molecule has 0 aliphatic heterocycles. The molecule has 0 amide bonds. The highest BCUT2D eigenvalue weighted by Crippen LogP contribution is 2.25. The first-order valence-electron chi connectivity index (χ1n) is 9.91. The minimum atomic E-state index is -0.627. The molecule has 1 N–H and O–H groups in total. The van der Waals surface area contributed by atoms with Crippen molar-refractivity contribution >= 4 is 49.8 Å². The number of nitrogens with one attached hydrogen (secondary N) is 1. The Morgan fingerprint density at radius 3 is 2.62 bits per heavy atom. The van der Waals surface area contributed by atoms with Gasteiger partial charge < -0.3 is 8.83 Å². The largest absolute Gasteiger partial charge is 0.422 e. The maximum absolute atomic E-state index is 12.4. The van der Waals surface area contributed by atoms with Gasteiger partial charge in [0.15, 0.2) is 0 Å². The van der Waals surface area contributed by atoms with Crippen molar-refractivity contribution in [3.8, 4) is 11.3 Å². The lowest BCUT2D eigenvalue weighted by Gasteiger charge is -2.03. The number of non-ortho nitro benzene ring substituents is 1. The number of hydrogen-bond donors (Lipinski definition) is 1. The van der Waals surface area contributed by atoms with Gasteiger partial charge in [-0.3, -0.25) is 15.5 Å². The highest BCUT2D eigenvalue weighted by atomic mass is 32.1. The molecule has 0 spiro atoms. The van der Waals surface area contributed by atoms with E-state index in [1.807, 2.05) is 12.1 Å². The quantitative estimate of drug-likeness (QED) is 0.166. The first-order chi connectivity index (χ1) is 16.4. The summed E-state index contributed by atoms with van der Waals surface area (Å²) >= 11 is 1.22. The Morgan fingerprint density at radius 2 is 1.79 bits per heavy atom. The molecule has 0 unspecified atom stereocenters. The molecule has 0 saturated heterocycles. The Hall–Kier alpha value is -4.64. The van der Waals surface area contributed by atoms with Gasteiger partial charge >= 0.3 is 11.3 Å². The van der Waals surface area contributed by atoms with Crippen LogP contribution in [0.5, 0.6) is 0 Å². The van der Waals surface area contributed by atoms with Gasteiger partial charge in [0.05, 0.1) is 27.5 Å². The molecule has 0 radical (unpaired) electrons. The number of benzene rings is 2. The van der Waals surface area contributed by atoms with Gasteiger partial charge in [0.25, 0.3) is 5.69 Å². The fourth-order valence-electron chi connectivity index (χ4n) is 3.36. The van der Waals surface area contributed by atoms with Gasteiger partial charge in [0, 0.05) is 28.3 Å². The molecule has 0 saturated carbocycles. The van der Waals surface area contributed by atoms with Crippen LogP contribution in [0.15, 0.2) is 83.5 Å². The van der Waals surface area contributed by atoms with Crippen LogP contribution in [0.3, 0.4) is 0 Å². The number of rotatable bonds is 5. The lowest BCUT2D eigenvalue weighted by Crippen LogP contribution is -2.13. The van der Waals surface area contributed by atoms with Crippen LogP contribution >= 0.6 is 11.3 Å². The van der Waals surface area contributed by atoms with Crippen molar-refractivity contribution in [3.63, 3.8) is 0 Å². The van der Waals surface area contributed by atoms with Gasteiger partial charge in [-0.05, 0) is 31.2 Å². The molecule has 168 valence electrons. The van der Waals surface area contributed by atoms with Crippen molar-refractivity contribution in [1.29, 1.82) is 0 Å². The van der Waals surface area contributed by atoms with E-state index in [0.29, 0.717) is 33.1 Å². The van der Waals surface area contributed by atoms with Crippen LogP contribution in [0.1, 0.15) is 12.5 Å². The van der Waals surface area contributed by atoms with E-state index in [0.717, 1.165) is 5.39 Å². The van der Waals surface area contributed by atoms with Crippen LogP contribution in [0.2, 0.25) is 0 Å². The smallest absolute Gasteiger partial charge is 0.345 e. The second kappa shape index (κ2) is 8.37. The predicted octanol–water partition coefficient (Wildman–Crippen LogP) is 4.77. The van der Waals surface area contributed by atoms with E-state index in [1.165, 1.54) is 35.6 Å². The number of para-hydroxylation sites is 1. The van der Waals surface area contributed by atoms with Crippen molar-refractivity contribution in [1.82, 2.24) is 4.98 Å². The molecule has 0 bridgehead atoms. The predicted molar refractivity (Wildman–Crippen MR) is 129 cm³/mol. The van der Waals surface area contributed by atoms with Crippen molar-refractivity contribution in [2.75, 3.05) is 5.43 Å². The molecular weight excluding hydrogens is 460 g/mol. The Balaban J connectivity index is 1.43. The molecule has 34 heavy (non-hydrogen) atoms. The molecule has 3 aromatic heterocycles. The monoisotopic (exact) mass is 474 g/mol. The molecule has 11 heteroatoms.